The second-order valence-electron chi connectivity index (χ2n) is 4.57. The summed E-state index contributed by atoms with van der Waals surface area (Å²) in [5.74, 6) is 2.58. The van der Waals surface area contributed by atoms with E-state index in [1.165, 1.54) is 0 Å². The Bertz CT molecular complexity index is 353. The fraction of sp³-hybridized carbons (Fsp3) is 0.692. The van der Waals surface area contributed by atoms with Gasteiger partial charge in [-0.2, -0.15) is 4.98 Å². The molecule has 0 aliphatic rings. The standard InChI is InChI=1S/C13H23N3O/c1-6-7-10(4)17-12-8-11(14-5)15-13(16-12)9(2)3/h8-10H,6-7H2,1-5H3,(H,14,15,16). The van der Waals surface area contributed by atoms with Gasteiger partial charge in [0.15, 0.2) is 0 Å². The minimum atomic E-state index is 0.194. The summed E-state index contributed by atoms with van der Waals surface area (Å²) in [6.45, 7) is 8.38. The van der Waals surface area contributed by atoms with Gasteiger partial charge in [-0.05, 0) is 13.3 Å². The van der Waals surface area contributed by atoms with Gasteiger partial charge in [0, 0.05) is 19.0 Å². The number of ether oxygens (including phenoxy) is 1. The molecule has 1 aromatic heterocycles. The van der Waals surface area contributed by atoms with E-state index in [1.54, 1.807) is 0 Å². The molecule has 0 radical (unpaired) electrons. The highest BCUT2D eigenvalue weighted by atomic mass is 16.5. The smallest absolute Gasteiger partial charge is 0.218 e. The van der Waals surface area contributed by atoms with Crippen molar-refractivity contribution in [1.29, 1.82) is 0 Å². The van der Waals surface area contributed by atoms with E-state index < -0.39 is 0 Å². The van der Waals surface area contributed by atoms with Crippen molar-refractivity contribution in [2.75, 3.05) is 12.4 Å². The van der Waals surface area contributed by atoms with Crippen molar-refractivity contribution < 1.29 is 4.74 Å². The SMILES string of the molecule is CCCC(C)Oc1cc(NC)nc(C(C)C)n1. The lowest BCUT2D eigenvalue weighted by Crippen LogP contribution is -2.13. The molecule has 0 aromatic carbocycles. The lowest BCUT2D eigenvalue weighted by Gasteiger charge is -2.15. The molecule has 4 heteroatoms. The normalized spacial score (nSPS) is 12.6. The summed E-state index contributed by atoms with van der Waals surface area (Å²) in [5, 5.41) is 3.04. The van der Waals surface area contributed by atoms with Crippen LogP contribution < -0.4 is 10.1 Å². The largest absolute Gasteiger partial charge is 0.475 e. The molecule has 1 atom stereocenters. The first-order valence-electron chi connectivity index (χ1n) is 6.30. The molecule has 1 aromatic rings. The first-order chi connectivity index (χ1) is 8.06. The first kappa shape index (κ1) is 13.7. The molecule has 1 N–H and O–H groups in total. The topological polar surface area (TPSA) is 47.0 Å². The van der Waals surface area contributed by atoms with Crippen LogP contribution in [0.5, 0.6) is 5.88 Å². The summed E-state index contributed by atoms with van der Waals surface area (Å²) in [6, 6.07) is 1.85. The van der Waals surface area contributed by atoms with Crippen LogP contribution in [0.15, 0.2) is 6.07 Å². The zero-order chi connectivity index (χ0) is 12.8. The molecule has 0 amide bonds. The molecule has 4 nitrogen and oxygen atoms in total. The Kier molecular flexibility index (Phi) is 5.19. The Hall–Kier alpha value is -1.32. The van der Waals surface area contributed by atoms with E-state index in [4.69, 9.17) is 4.74 Å². The average Bonchev–Trinajstić information content (AvgIpc) is 2.28. The van der Waals surface area contributed by atoms with Crippen LogP contribution in [0.25, 0.3) is 0 Å². The molecular weight excluding hydrogens is 214 g/mol. The second-order valence-corrected chi connectivity index (χ2v) is 4.57. The highest BCUT2D eigenvalue weighted by molar-refractivity contribution is 5.38. The molecule has 96 valence electrons. The molecule has 0 aliphatic heterocycles. The summed E-state index contributed by atoms with van der Waals surface area (Å²) in [5.41, 5.74) is 0. The monoisotopic (exact) mass is 237 g/mol. The highest BCUT2D eigenvalue weighted by Gasteiger charge is 2.10. The van der Waals surface area contributed by atoms with Gasteiger partial charge in [-0.15, -0.1) is 0 Å². The molecule has 0 aliphatic carbocycles. The van der Waals surface area contributed by atoms with E-state index in [2.05, 4.69) is 43.0 Å². The number of nitrogens with zero attached hydrogens (tertiary/aromatic N) is 2. The van der Waals surface area contributed by atoms with Crippen molar-refractivity contribution in [3.63, 3.8) is 0 Å². The second kappa shape index (κ2) is 6.42. The fourth-order valence-corrected chi connectivity index (χ4v) is 1.56. The van der Waals surface area contributed by atoms with Crippen molar-refractivity contribution in [3.8, 4) is 5.88 Å². The van der Waals surface area contributed by atoms with Gasteiger partial charge in [0.1, 0.15) is 11.6 Å². The zero-order valence-electron chi connectivity index (χ0n) is 11.4. The maximum atomic E-state index is 5.80. The van der Waals surface area contributed by atoms with Crippen LogP contribution in [0.1, 0.15) is 52.3 Å². The van der Waals surface area contributed by atoms with Gasteiger partial charge < -0.3 is 10.1 Å². The summed E-state index contributed by atoms with van der Waals surface area (Å²) < 4.78 is 5.80. The average molecular weight is 237 g/mol. The van der Waals surface area contributed by atoms with E-state index in [1.807, 2.05) is 13.1 Å². The molecule has 1 rings (SSSR count). The number of anilines is 1. The van der Waals surface area contributed by atoms with Crippen LogP contribution in [0.3, 0.4) is 0 Å². The maximum absolute atomic E-state index is 5.80. The minimum Gasteiger partial charge on any atom is -0.475 e. The Morgan fingerprint density at radius 1 is 1.29 bits per heavy atom. The van der Waals surface area contributed by atoms with Crippen LogP contribution in [0, 0.1) is 0 Å². The van der Waals surface area contributed by atoms with Gasteiger partial charge in [0.2, 0.25) is 5.88 Å². The fourth-order valence-electron chi connectivity index (χ4n) is 1.56. The minimum absolute atomic E-state index is 0.194. The molecule has 1 unspecified atom stereocenters. The number of rotatable bonds is 6. The predicted octanol–water partition coefficient (Wildman–Crippen LogP) is 3.21. The molecule has 1 heterocycles. The van der Waals surface area contributed by atoms with E-state index in [9.17, 15) is 0 Å². The van der Waals surface area contributed by atoms with Crippen LogP contribution in [-0.4, -0.2) is 23.1 Å². The number of nitrogens with one attached hydrogen (secondary N) is 1. The number of hydrogen-bond acceptors (Lipinski definition) is 4. The third-order valence-corrected chi connectivity index (χ3v) is 2.51. The third-order valence-electron chi connectivity index (χ3n) is 2.51. The van der Waals surface area contributed by atoms with Crippen LogP contribution in [-0.2, 0) is 0 Å². The highest BCUT2D eigenvalue weighted by Crippen LogP contribution is 2.19. The molecule has 0 fully saturated rings. The van der Waals surface area contributed by atoms with Crippen molar-refractivity contribution in [2.24, 2.45) is 0 Å². The van der Waals surface area contributed by atoms with Gasteiger partial charge >= 0.3 is 0 Å². The number of aromatic nitrogens is 2. The summed E-state index contributed by atoms with van der Waals surface area (Å²) in [6.07, 6.45) is 2.34. The lowest BCUT2D eigenvalue weighted by molar-refractivity contribution is 0.200. The van der Waals surface area contributed by atoms with Crippen LogP contribution in [0.4, 0.5) is 5.82 Å². The van der Waals surface area contributed by atoms with E-state index >= 15 is 0 Å². The van der Waals surface area contributed by atoms with E-state index in [0.717, 1.165) is 24.5 Å². The summed E-state index contributed by atoms with van der Waals surface area (Å²) in [7, 11) is 1.85. The quantitative estimate of drug-likeness (QED) is 0.825. The van der Waals surface area contributed by atoms with Crippen molar-refractivity contribution >= 4 is 5.82 Å². The van der Waals surface area contributed by atoms with Crippen molar-refractivity contribution in [3.05, 3.63) is 11.9 Å². The third kappa shape index (κ3) is 4.21. The van der Waals surface area contributed by atoms with Gasteiger partial charge in [0.05, 0.1) is 6.10 Å². The molecule has 0 saturated heterocycles. The number of hydrogen-bond donors (Lipinski definition) is 1. The summed E-state index contributed by atoms with van der Waals surface area (Å²) >= 11 is 0. The van der Waals surface area contributed by atoms with Gasteiger partial charge in [-0.25, -0.2) is 4.98 Å². The van der Waals surface area contributed by atoms with Crippen LogP contribution in [0.2, 0.25) is 0 Å². The maximum Gasteiger partial charge on any atom is 0.218 e. The Labute approximate surface area is 104 Å². The molecule has 0 saturated carbocycles. The lowest BCUT2D eigenvalue weighted by atomic mass is 10.2. The Morgan fingerprint density at radius 2 is 2.00 bits per heavy atom. The molecule has 17 heavy (non-hydrogen) atoms. The van der Waals surface area contributed by atoms with Gasteiger partial charge in [0.25, 0.3) is 0 Å². The molecule has 0 spiro atoms. The Balaban J connectivity index is 2.87. The van der Waals surface area contributed by atoms with E-state index in [-0.39, 0.29) is 6.10 Å². The Morgan fingerprint density at radius 3 is 2.53 bits per heavy atom. The molecular formula is C13H23N3O. The summed E-state index contributed by atoms with van der Waals surface area (Å²) in [4.78, 5) is 8.83. The van der Waals surface area contributed by atoms with Crippen LogP contribution >= 0.6 is 0 Å². The van der Waals surface area contributed by atoms with Crippen molar-refractivity contribution in [2.45, 2.75) is 52.6 Å². The zero-order valence-corrected chi connectivity index (χ0v) is 11.4. The van der Waals surface area contributed by atoms with Gasteiger partial charge in [-0.1, -0.05) is 27.2 Å². The predicted molar refractivity (Wildman–Crippen MR) is 70.7 cm³/mol. The van der Waals surface area contributed by atoms with Gasteiger partial charge in [-0.3, -0.25) is 0 Å². The molecule has 0 bridgehead atoms. The van der Waals surface area contributed by atoms with E-state index in [0.29, 0.717) is 11.8 Å². The first-order valence-corrected chi connectivity index (χ1v) is 6.30. The van der Waals surface area contributed by atoms with Crippen molar-refractivity contribution in [1.82, 2.24) is 9.97 Å².